The van der Waals surface area contributed by atoms with Crippen LogP contribution in [0.4, 0.5) is 5.69 Å². The maximum Gasteiger partial charge on any atom is 0.287 e. The van der Waals surface area contributed by atoms with E-state index in [0.29, 0.717) is 23.4 Å². The second-order valence-corrected chi connectivity index (χ2v) is 7.43. The van der Waals surface area contributed by atoms with Gasteiger partial charge in [0.25, 0.3) is 11.6 Å². The minimum Gasteiger partial charge on any atom is -0.294 e. The van der Waals surface area contributed by atoms with Crippen LogP contribution in [-0.4, -0.2) is 22.3 Å². The first-order valence-corrected chi connectivity index (χ1v) is 10.0. The molecule has 2 N–H and O–H groups in total. The molecule has 0 aromatic heterocycles. The number of nitro groups is 1. The van der Waals surface area contributed by atoms with E-state index in [-0.39, 0.29) is 5.69 Å². The van der Waals surface area contributed by atoms with Crippen molar-refractivity contribution in [2.45, 2.75) is 18.9 Å². The molecule has 3 aromatic rings. The normalized spacial score (nSPS) is 14.9. The van der Waals surface area contributed by atoms with Crippen molar-refractivity contribution < 1.29 is 9.72 Å². The lowest BCUT2D eigenvalue weighted by atomic mass is 9.80. The average Bonchev–Trinajstić information content (AvgIpc) is 3.30. The van der Waals surface area contributed by atoms with E-state index in [1.54, 1.807) is 19.1 Å². The van der Waals surface area contributed by atoms with Crippen molar-refractivity contribution >= 4 is 23.0 Å². The van der Waals surface area contributed by atoms with Crippen LogP contribution in [0.1, 0.15) is 30.0 Å². The molecule has 0 saturated heterocycles. The zero-order valence-corrected chi connectivity index (χ0v) is 17.4. The summed E-state index contributed by atoms with van der Waals surface area (Å²) in [7, 11) is 0. The summed E-state index contributed by atoms with van der Waals surface area (Å²) in [6.45, 7) is 1.67. The molecule has 160 valence electrons. The molecule has 0 spiro atoms. The summed E-state index contributed by atoms with van der Waals surface area (Å²) in [5.74, 6) is -0.434. The minimum absolute atomic E-state index is 0.0387. The molecule has 0 fully saturated rings. The standard InChI is InChI=1S/C24H21N5O3/c1-17(18-9-8-14-21(15-18)29(31)32)25-27-23(30)22-16-24(28-26-22,19-10-4-2-5-11-19)20-12-6-3-7-13-20/h2-15,28H,16H2,1H3,(H,27,30)/b25-17-. The Hall–Kier alpha value is -4.33. The van der Waals surface area contributed by atoms with E-state index < -0.39 is 16.4 Å². The Kier molecular flexibility index (Phi) is 5.76. The predicted octanol–water partition coefficient (Wildman–Crippen LogP) is 3.73. The highest BCUT2D eigenvalue weighted by Gasteiger charge is 2.41. The largest absolute Gasteiger partial charge is 0.294 e. The van der Waals surface area contributed by atoms with Crippen LogP contribution < -0.4 is 10.9 Å². The first-order valence-electron chi connectivity index (χ1n) is 10.0. The number of nitrogens with zero attached hydrogens (tertiary/aromatic N) is 3. The van der Waals surface area contributed by atoms with Gasteiger partial charge in [-0.15, -0.1) is 0 Å². The first-order chi connectivity index (χ1) is 15.5. The van der Waals surface area contributed by atoms with Crippen molar-refractivity contribution in [3.8, 4) is 0 Å². The van der Waals surface area contributed by atoms with Gasteiger partial charge in [-0.05, 0) is 18.1 Å². The molecule has 8 heteroatoms. The number of amides is 1. The van der Waals surface area contributed by atoms with E-state index in [4.69, 9.17) is 0 Å². The molecule has 0 unspecified atom stereocenters. The Morgan fingerprint density at radius 2 is 1.66 bits per heavy atom. The summed E-state index contributed by atoms with van der Waals surface area (Å²) in [4.78, 5) is 23.3. The van der Waals surface area contributed by atoms with Crippen LogP contribution in [0.5, 0.6) is 0 Å². The van der Waals surface area contributed by atoms with Crippen molar-refractivity contribution in [1.82, 2.24) is 10.9 Å². The average molecular weight is 427 g/mol. The van der Waals surface area contributed by atoms with Crippen molar-refractivity contribution in [1.29, 1.82) is 0 Å². The van der Waals surface area contributed by atoms with Gasteiger partial charge >= 0.3 is 0 Å². The summed E-state index contributed by atoms with van der Waals surface area (Å²) < 4.78 is 0. The molecular formula is C24H21N5O3. The van der Waals surface area contributed by atoms with Gasteiger partial charge in [0.15, 0.2) is 0 Å². The Bertz CT molecular complexity index is 1170. The van der Waals surface area contributed by atoms with Gasteiger partial charge in [0.1, 0.15) is 11.3 Å². The quantitative estimate of drug-likeness (QED) is 0.355. The lowest BCUT2D eigenvalue weighted by Gasteiger charge is -2.30. The maximum atomic E-state index is 12.8. The Balaban J connectivity index is 1.54. The van der Waals surface area contributed by atoms with Gasteiger partial charge in [-0.3, -0.25) is 20.3 Å². The number of benzene rings is 3. The van der Waals surface area contributed by atoms with E-state index in [2.05, 4.69) is 21.1 Å². The first kappa shape index (κ1) is 20.9. The van der Waals surface area contributed by atoms with E-state index >= 15 is 0 Å². The van der Waals surface area contributed by atoms with E-state index in [0.717, 1.165) is 11.1 Å². The summed E-state index contributed by atoms with van der Waals surface area (Å²) in [6, 6.07) is 25.8. The fraction of sp³-hybridized carbons (Fsp3) is 0.125. The summed E-state index contributed by atoms with van der Waals surface area (Å²) in [6.07, 6.45) is 0.345. The molecular weight excluding hydrogens is 406 g/mol. The van der Waals surface area contributed by atoms with Crippen molar-refractivity contribution in [3.63, 3.8) is 0 Å². The fourth-order valence-corrected chi connectivity index (χ4v) is 3.68. The van der Waals surface area contributed by atoms with Crippen LogP contribution in [0.3, 0.4) is 0 Å². The van der Waals surface area contributed by atoms with Crippen molar-refractivity contribution in [2.24, 2.45) is 10.2 Å². The van der Waals surface area contributed by atoms with Gasteiger partial charge in [-0.2, -0.15) is 10.2 Å². The number of nitro benzene ring substituents is 1. The molecule has 0 radical (unpaired) electrons. The number of carbonyl (C=O) groups is 1. The third-order valence-corrected chi connectivity index (χ3v) is 5.41. The van der Waals surface area contributed by atoms with Gasteiger partial charge in [-0.1, -0.05) is 72.8 Å². The van der Waals surface area contributed by atoms with Gasteiger partial charge < -0.3 is 0 Å². The molecule has 0 aliphatic carbocycles. The van der Waals surface area contributed by atoms with Crippen LogP contribution in [-0.2, 0) is 10.3 Å². The lowest BCUT2D eigenvalue weighted by molar-refractivity contribution is -0.384. The van der Waals surface area contributed by atoms with Crippen LogP contribution in [0.25, 0.3) is 0 Å². The molecule has 4 rings (SSSR count). The fourth-order valence-electron chi connectivity index (χ4n) is 3.68. The van der Waals surface area contributed by atoms with Crippen LogP contribution in [0.15, 0.2) is 95.1 Å². The molecule has 0 bridgehead atoms. The highest BCUT2D eigenvalue weighted by atomic mass is 16.6. The molecule has 8 nitrogen and oxygen atoms in total. The summed E-state index contributed by atoms with van der Waals surface area (Å²) in [5, 5.41) is 19.4. The zero-order chi connectivity index (χ0) is 22.6. The summed E-state index contributed by atoms with van der Waals surface area (Å²) in [5.41, 5.74) is 8.30. The number of hydrogen-bond donors (Lipinski definition) is 2. The number of carbonyl (C=O) groups excluding carboxylic acids is 1. The smallest absolute Gasteiger partial charge is 0.287 e. The molecule has 1 heterocycles. The van der Waals surface area contributed by atoms with E-state index in [1.165, 1.54) is 12.1 Å². The predicted molar refractivity (Wildman–Crippen MR) is 122 cm³/mol. The number of hydrogen-bond acceptors (Lipinski definition) is 6. The molecule has 1 aliphatic rings. The van der Waals surface area contributed by atoms with Crippen molar-refractivity contribution in [2.75, 3.05) is 0 Å². The molecule has 0 atom stereocenters. The van der Waals surface area contributed by atoms with E-state index in [1.807, 2.05) is 60.7 Å². The Morgan fingerprint density at radius 1 is 1.03 bits per heavy atom. The highest BCUT2D eigenvalue weighted by Crippen LogP contribution is 2.36. The van der Waals surface area contributed by atoms with Crippen LogP contribution in [0, 0.1) is 10.1 Å². The Labute approximate surface area is 184 Å². The molecule has 1 aliphatic heterocycles. The topological polar surface area (TPSA) is 109 Å². The molecule has 3 aromatic carbocycles. The Morgan fingerprint density at radius 3 is 2.25 bits per heavy atom. The third-order valence-electron chi connectivity index (χ3n) is 5.41. The zero-order valence-electron chi connectivity index (χ0n) is 17.4. The molecule has 32 heavy (non-hydrogen) atoms. The van der Waals surface area contributed by atoms with Gasteiger partial charge in [0, 0.05) is 24.1 Å². The minimum atomic E-state index is -0.659. The maximum absolute atomic E-state index is 12.8. The second-order valence-electron chi connectivity index (χ2n) is 7.43. The van der Waals surface area contributed by atoms with Gasteiger partial charge in [-0.25, -0.2) is 5.43 Å². The SMILES string of the molecule is C/C(=N/NC(=O)C1=NNC(c2ccccc2)(c2ccccc2)C1)c1cccc([N+](=O)[O-])c1. The van der Waals surface area contributed by atoms with Crippen molar-refractivity contribution in [3.05, 3.63) is 112 Å². The van der Waals surface area contributed by atoms with Crippen LogP contribution in [0.2, 0.25) is 0 Å². The number of rotatable bonds is 6. The van der Waals surface area contributed by atoms with E-state index in [9.17, 15) is 14.9 Å². The van der Waals surface area contributed by atoms with Crippen LogP contribution >= 0.6 is 0 Å². The second kappa shape index (κ2) is 8.81. The lowest BCUT2D eigenvalue weighted by Crippen LogP contribution is -2.38. The monoisotopic (exact) mass is 427 g/mol. The molecule has 1 amide bonds. The summed E-state index contributed by atoms with van der Waals surface area (Å²) >= 11 is 0. The number of non-ortho nitro benzene ring substituents is 1. The number of hydrazone groups is 2. The highest BCUT2D eigenvalue weighted by molar-refractivity contribution is 6.39. The number of nitrogens with one attached hydrogen (secondary N) is 2. The van der Waals surface area contributed by atoms with Gasteiger partial charge in [0.2, 0.25) is 0 Å². The third kappa shape index (κ3) is 4.11. The van der Waals surface area contributed by atoms with Gasteiger partial charge in [0.05, 0.1) is 10.6 Å². The molecule has 0 saturated carbocycles.